The number of hydrogen-bond donors (Lipinski definition) is 0. The standard InChI is InChI=1S/C10H19N3O2S/c1-5-12-8-10(11-9(12)4)16(14,15)13(6-2)7-3/h8H,5-7H2,1-4H3. The molecule has 0 fully saturated rings. The van der Waals surface area contributed by atoms with Crippen LogP contribution in [0.2, 0.25) is 0 Å². The van der Waals surface area contributed by atoms with Crippen molar-refractivity contribution in [3.8, 4) is 0 Å². The van der Waals surface area contributed by atoms with E-state index in [0.29, 0.717) is 13.1 Å². The lowest BCUT2D eigenvalue weighted by Gasteiger charge is -2.16. The zero-order valence-electron chi connectivity index (χ0n) is 10.3. The Labute approximate surface area is 97.1 Å². The molecule has 0 saturated carbocycles. The third-order valence-corrected chi connectivity index (χ3v) is 4.53. The Hall–Kier alpha value is -0.880. The van der Waals surface area contributed by atoms with Crippen LogP contribution in [0.25, 0.3) is 0 Å². The zero-order valence-corrected chi connectivity index (χ0v) is 11.1. The Morgan fingerprint density at radius 2 is 1.88 bits per heavy atom. The molecule has 1 rings (SSSR count). The lowest BCUT2D eigenvalue weighted by Crippen LogP contribution is -2.30. The largest absolute Gasteiger partial charge is 0.334 e. The van der Waals surface area contributed by atoms with Crippen LogP contribution in [-0.4, -0.2) is 35.4 Å². The van der Waals surface area contributed by atoms with Crippen LogP contribution < -0.4 is 0 Å². The van der Waals surface area contributed by atoms with E-state index in [1.54, 1.807) is 6.20 Å². The Balaban J connectivity index is 3.16. The van der Waals surface area contributed by atoms with Gasteiger partial charge in [-0.1, -0.05) is 13.8 Å². The van der Waals surface area contributed by atoms with Crippen molar-refractivity contribution in [2.45, 2.75) is 39.3 Å². The zero-order chi connectivity index (χ0) is 12.3. The maximum atomic E-state index is 12.1. The van der Waals surface area contributed by atoms with Crippen LogP contribution in [0.3, 0.4) is 0 Å². The van der Waals surface area contributed by atoms with Crippen molar-refractivity contribution in [3.63, 3.8) is 0 Å². The minimum absolute atomic E-state index is 0.149. The fourth-order valence-electron chi connectivity index (χ4n) is 1.62. The first-order valence-electron chi connectivity index (χ1n) is 5.51. The first-order chi connectivity index (χ1) is 7.47. The lowest BCUT2D eigenvalue weighted by atomic mass is 10.6. The molecule has 6 heteroatoms. The second-order valence-electron chi connectivity index (χ2n) is 3.50. The molecule has 0 saturated heterocycles. The van der Waals surface area contributed by atoms with Crippen LogP contribution in [0, 0.1) is 6.92 Å². The molecule has 0 aliphatic heterocycles. The maximum absolute atomic E-state index is 12.1. The van der Waals surface area contributed by atoms with E-state index < -0.39 is 10.0 Å². The molecule has 0 amide bonds. The maximum Gasteiger partial charge on any atom is 0.262 e. The SMILES string of the molecule is CCN(CC)S(=O)(=O)c1cn(CC)c(C)n1. The Morgan fingerprint density at radius 1 is 1.31 bits per heavy atom. The highest BCUT2D eigenvalue weighted by Gasteiger charge is 2.24. The monoisotopic (exact) mass is 245 g/mol. The molecule has 0 aromatic carbocycles. The highest BCUT2D eigenvalue weighted by atomic mass is 32.2. The molecule has 0 spiro atoms. The summed E-state index contributed by atoms with van der Waals surface area (Å²) in [6.07, 6.45) is 1.60. The van der Waals surface area contributed by atoms with Gasteiger partial charge in [0.2, 0.25) is 0 Å². The molecule has 0 aliphatic carbocycles. The van der Waals surface area contributed by atoms with Gasteiger partial charge >= 0.3 is 0 Å². The van der Waals surface area contributed by atoms with Crippen LogP contribution in [-0.2, 0) is 16.6 Å². The van der Waals surface area contributed by atoms with E-state index in [9.17, 15) is 8.42 Å². The number of sulfonamides is 1. The average molecular weight is 245 g/mol. The summed E-state index contributed by atoms with van der Waals surface area (Å²) in [6, 6.07) is 0. The number of aromatic nitrogens is 2. The number of nitrogens with zero attached hydrogens (tertiary/aromatic N) is 3. The number of imidazole rings is 1. The molecule has 1 aromatic rings. The summed E-state index contributed by atoms with van der Waals surface area (Å²) in [5, 5.41) is 0.149. The van der Waals surface area contributed by atoms with Crippen molar-refractivity contribution in [2.24, 2.45) is 0 Å². The van der Waals surface area contributed by atoms with Gasteiger partial charge in [0.15, 0.2) is 5.03 Å². The van der Waals surface area contributed by atoms with E-state index in [2.05, 4.69) is 4.98 Å². The van der Waals surface area contributed by atoms with Gasteiger partial charge in [-0.3, -0.25) is 0 Å². The topological polar surface area (TPSA) is 55.2 Å². The molecule has 0 unspecified atom stereocenters. The first-order valence-corrected chi connectivity index (χ1v) is 6.95. The minimum atomic E-state index is -3.41. The highest BCUT2D eigenvalue weighted by molar-refractivity contribution is 7.89. The van der Waals surface area contributed by atoms with Crippen molar-refractivity contribution in [2.75, 3.05) is 13.1 Å². The molecule has 0 radical (unpaired) electrons. The molecule has 1 aromatic heterocycles. The second kappa shape index (κ2) is 4.97. The van der Waals surface area contributed by atoms with Crippen molar-refractivity contribution < 1.29 is 8.42 Å². The van der Waals surface area contributed by atoms with Gasteiger partial charge in [0, 0.05) is 25.8 Å². The summed E-state index contributed by atoms with van der Waals surface area (Å²) in [5.74, 6) is 0.730. The summed E-state index contributed by atoms with van der Waals surface area (Å²) in [5.41, 5.74) is 0. The highest BCUT2D eigenvalue weighted by Crippen LogP contribution is 2.14. The van der Waals surface area contributed by atoms with Crippen molar-refractivity contribution in [3.05, 3.63) is 12.0 Å². The molecule has 92 valence electrons. The van der Waals surface area contributed by atoms with Crippen LogP contribution in [0.1, 0.15) is 26.6 Å². The van der Waals surface area contributed by atoms with E-state index in [0.717, 1.165) is 12.4 Å². The van der Waals surface area contributed by atoms with Gasteiger partial charge in [0.25, 0.3) is 10.0 Å². The predicted molar refractivity (Wildman–Crippen MR) is 62.7 cm³/mol. The second-order valence-corrected chi connectivity index (χ2v) is 5.39. The van der Waals surface area contributed by atoms with Gasteiger partial charge in [-0.05, 0) is 13.8 Å². The van der Waals surface area contributed by atoms with Crippen LogP contribution in [0.5, 0.6) is 0 Å². The molecule has 0 bridgehead atoms. The summed E-state index contributed by atoms with van der Waals surface area (Å²) in [4.78, 5) is 4.10. The Morgan fingerprint density at radius 3 is 2.25 bits per heavy atom. The van der Waals surface area contributed by atoms with Gasteiger partial charge in [-0.25, -0.2) is 13.4 Å². The van der Waals surface area contributed by atoms with Crippen molar-refractivity contribution in [1.29, 1.82) is 0 Å². The quantitative estimate of drug-likeness (QED) is 0.784. The third kappa shape index (κ3) is 2.27. The van der Waals surface area contributed by atoms with E-state index in [1.165, 1.54) is 4.31 Å². The number of rotatable bonds is 5. The third-order valence-electron chi connectivity index (χ3n) is 2.60. The lowest BCUT2D eigenvalue weighted by molar-refractivity contribution is 0.443. The van der Waals surface area contributed by atoms with Crippen LogP contribution >= 0.6 is 0 Å². The molecule has 0 N–H and O–H groups in total. The fraction of sp³-hybridized carbons (Fsp3) is 0.700. The van der Waals surface area contributed by atoms with Crippen molar-refractivity contribution >= 4 is 10.0 Å². The van der Waals surface area contributed by atoms with Crippen LogP contribution in [0.4, 0.5) is 0 Å². The molecular formula is C10H19N3O2S. The van der Waals surface area contributed by atoms with Gasteiger partial charge in [-0.2, -0.15) is 4.31 Å². The number of aryl methyl sites for hydroxylation is 2. The predicted octanol–water partition coefficient (Wildman–Crippen LogP) is 1.24. The molecular weight excluding hydrogens is 226 g/mol. The molecule has 0 aliphatic rings. The van der Waals surface area contributed by atoms with E-state index in [1.807, 2.05) is 32.3 Å². The average Bonchev–Trinajstić information content (AvgIpc) is 2.61. The van der Waals surface area contributed by atoms with Gasteiger partial charge < -0.3 is 4.57 Å². The van der Waals surface area contributed by atoms with Gasteiger partial charge in [0.1, 0.15) is 5.82 Å². The number of hydrogen-bond acceptors (Lipinski definition) is 3. The van der Waals surface area contributed by atoms with E-state index in [-0.39, 0.29) is 5.03 Å². The minimum Gasteiger partial charge on any atom is -0.334 e. The summed E-state index contributed by atoms with van der Waals surface area (Å²) in [6.45, 7) is 9.09. The normalized spacial score (nSPS) is 12.3. The van der Waals surface area contributed by atoms with Crippen LogP contribution in [0.15, 0.2) is 11.2 Å². The van der Waals surface area contributed by atoms with E-state index >= 15 is 0 Å². The Bertz CT molecular complexity index is 447. The smallest absolute Gasteiger partial charge is 0.262 e. The van der Waals surface area contributed by atoms with Gasteiger partial charge in [-0.15, -0.1) is 0 Å². The summed E-state index contributed by atoms with van der Waals surface area (Å²) in [7, 11) is -3.41. The van der Waals surface area contributed by atoms with E-state index in [4.69, 9.17) is 0 Å². The first kappa shape index (κ1) is 13.2. The fourth-order valence-corrected chi connectivity index (χ4v) is 3.07. The molecule has 5 nitrogen and oxygen atoms in total. The Kier molecular flexibility index (Phi) is 4.09. The van der Waals surface area contributed by atoms with Crippen molar-refractivity contribution in [1.82, 2.24) is 13.9 Å². The molecule has 16 heavy (non-hydrogen) atoms. The molecule has 0 atom stereocenters. The summed E-state index contributed by atoms with van der Waals surface area (Å²) >= 11 is 0. The molecule has 1 heterocycles. The van der Waals surface area contributed by atoms with Gasteiger partial charge in [0.05, 0.1) is 0 Å². The summed E-state index contributed by atoms with van der Waals surface area (Å²) < 4.78 is 27.5.